The van der Waals surface area contributed by atoms with Crippen LogP contribution in [0.5, 0.6) is 5.75 Å². The predicted molar refractivity (Wildman–Crippen MR) is 143 cm³/mol. The van der Waals surface area contributed by atoms with Crippen LogP contribution in [0.4, 0.5) is 5.95 Å². The molecule has 2 aliphatic heterocycles. The number of pyridine rings is 1. The maximum absolute atomic E-state index is 13.3. The molecule has 37 heavy (non-hydrogen) atoms. The minimum Gasteiger partial charge on any atom is -0.488 e. The molecule has 2 amide bonds. The van der Waals surface area contributed by atoms with Gasteiger partial charge in [0, 0.05) is 30.5 Å². The van der Waals surface area contributed by atoms with Crippen molar-refractivity contribution in [2.24, 2.45) is 0 Å². The van der Waals surface area contributed by atoms with Crippen LogP contribution in [0.3, 0.4) is 0 Å². The number of nitrogens with one attached hydrogen (secondary N) is 2. The molecule has 2 N–H and O–H groups in total. The average molecular weight is 503 g/mol. The van der Waals surface area contributed by atoms with Gasteiger partial charge in [0.1, 0.15) is 17.4 Å². The number of para-hydroxylation sites is 1. The molecule has 0 radical (unpaired) electrons. The molecule has 9 heteroatoms. The van der Waals surface area contributed by atoms with E-state index in [1.54, 1.807) is 18.3 Å². The number of aromatic nitrogens is 3. The van der Waals surface area contributed by atoms with Crippen LogP contribution >= 0.6 is 0 Å². The Morgan fingerprint density at radius 3 is 2.81 bits per heavy atom. The van der Waals surface area contributed by atoms with E-state index in [4.69, 9.17) is 9.72 Å². The summed E-state index contributed by atoms with van der Waals surface area (Å²) in [5, 5.41) is 6.42. The summed E-state index contributed by atoms with van der Waals surface area (Å²) >= 11 is 0. The Hall–Kier alpha value is -3.72. The highest BCUT2D eigenvalue weighted by Crippen LogP contribution is 2.36. The Morgan fingerprint density at radius 1 is 1.19 bits per heavy atom. The van der Waals surface area contributed by atoms with E-state index in [-0.39, 0.29) is 24.0 Å². The van der Waals surface area contributed by atoms with Gasteiger partial charge in [-0.3, -0.25) is 19.9 Å². The molecule has 2 saturated heterocycles. The first-order chi connectivity index (χ1) is 18.0. The number of anilines is 1. The fraction of sp³-hybridized carbons (Fsp3) is 0.429. The van der Waals surface area contributed by atoms with Gasteiger partial charge in [-0.25, -0.2) is 4.98 Å². The third-order valence-corrected chi connectivity index (χ3v) is 7.14. The van der Waals surface area contributed by atoms with E-state index in [1.807, 2.05) is 30.0 Å². The molecule has 194 valence electrons. The quantitative estimate of drug-likeness (QED) is 0.497. The Bertz CT molecular complexity index is 1300. The van der Waals surface area contributed by atoms with Crippen LogP contribution in [0.25, 0.3) is 11.0 Å². The number of amides is 2. The van der Waals surface area contributed by atoms with Crippen molar-refractivity contribution in [1.29, 1.82) is 0 Å². The summed E-state index contributed by atoms with van der Waals surface area (Å²) in [5.74, 6) is 0.868. The third-order valence-electron chi connectivity index (χ3n) is 7.14. The lowest BCUT2D eigenvalue weighted by molar-refractivity contribution is -0.126. The van der Waals surface area contributed by atoms with Gasteiger partial charge in [0.15, 0.2) is 0 Å². The number of rotatable bonds is 6. The minimum atomic E-state index is -0.254. The summed E-state index contributed by atoms with van der Waals surface area (Å²) in [6, 6.07) is 9.22. The van der Waals surface area contributed by atoms with Gasteiger partial charge < -0.3 is 19.5 Å². The smallest absolute Gasteiger partial charge is 0.258 e. The van der Waals surface area contributed by atoms with Crippen molar-refractivity contribution in [1.82, 2.24) is 24.8 Å². The van der Waals surface area contributed by atoms with E-state index < -0.39 is 0 Å². The number of fused-ring (bicyclic) bond motifs is 1. The molecule has 0 aliphatic carbocycles. The number of imidazole rings is 1. The average Bonchev–Trinajstić information content (AvgIpc) is 3.10. The second-order valence-electron chi connectivity index (χ2n) is 9.77. The first-order valence-electron chi connectivity index (χ1n) is 13.1. The van der Waals surface area contributed by atoms with Gasteiger partial charge >= 0.3 is 0 Å². The molecule has 1 unspecified atom stereocenters. The van der Waals surface area contributed by atoms with Crippen LogP contribution in [0.2, 0.25) is 0 Å². The molecule has 3 aromatic rings. The fourth-order valence-corrected chi connectivity index (χ4v) is 5.27. The number of nitrogens with zero attached hydrogens (tertiary/aromatic N) is 4. The number of carbonyl (C=O) groups excluding carboxylic acids is 2. The number of piperidine rings is 1. The molecule has 1 aromatic carbocycles. The second kappa shape index (κ2) is 11.1. The lowest BCUT2D eigenvalue weighted by atomic mass is 10.1. The maximum atomic E-state index is 13.3. The minimum absolute atomic E-state index is 0.0800. The number of aryl methyl sites for hydroxylation is 1. The number of hydrogen-bond acceptors (Lipinski definition) is 6. The molecular weight excluding hydrogens is 468 g/mol. The monoisotopic (exact) mass is 502 g/mol. The Labute approximate surface area is 216 Å². The summed E-state index contributed by atoms with van der Waals surface area (Å²) in [4.78, 5) is 36.7. The zero-order chi connectivity index (χ0) is 25.8. The molecule has 0 bridgehead atoms. The van der Waals surface area contributed by atoms with Crippen molar-refractivity contribution in [2.75, 3.05) is 31.5 Å². The van der Waals surface area contributed by atoms with E-state index in [9.17, 15) is 9.59 Å². The number of ether oxygens (including phenoxy) is 1. The lowest BCUT2D eigenvalue weighted by Crippen LogP contribution is -2.35. The Morgan fingerprint density at radius 2 is 2.03 bits per heavy atom. The van der Waals surface area contributed by atoms with E-state index in [0.717, 1.165) is 67.7 Å². The van der Waals surface area contributed by atoms with Crippen LogP contribution < -0.4 is 15.4 Å². The van der Waals surface area contributed by atoms with E-state index >= 15 is 0 Å². The molecule has 0 spiro atoms. The summed E-state index contributed by atoms with van der Waals surface area (Å²) < 4.78 is 8.60. The SMILES string of the molecule is C=CC(=O)N1CCCCC(n2c(NC(=O)c3ccnc(C)c3)nc3cccc(OC4CCNCC4)c32)C1. The number of hydrogen-bond donors (Lipinski definition) is 2. The second-order valence-corrected chi connectivity index (χ2v) is 9.77. The number of carbonyl (C=O) groups is 2. The summed E-state index contributed by atoms with van der Waals surface area (Å²) in [7, 11) is 0. The first kappa shape index (κ1) is 25.0. The van der Waals surface area contributed by atoms with Gasteiger partial charge in [0.2, 0.25) is 11.9 Å². The van der Waals surface area contributed by atoms with Crippen LogP contribution in [0, 0.1) is 6.92 Å². The summed E-state index contributed by atoms with van der Waals surface area (Å²) in [6.45, 7) is 8.58. The van der Waals surface area contributed by atoms with Gasteiger partial charge in [0.25, 0.3) is 5.91 Å². The zero-order valence-electron chi connectivity index (χ0n) is 21.3. The molecule has 2 aromatic heterocycles. The highest BCUT2D eigenvalue weighted by Gasteiger charge is 2.28. The molecule has 2 aliphatic rings. The number of benzene rings is 1. The Kier molecular flexibility index (Phi) is 7.50. The van der Waals surface area contributed by atoms with Crippen molar-refractivity contribution in [3.8, 4) is 5.75 Å². The van der Waals surface area contributed by atoms with Crippen LogP contribution in [-0.2, 0) is 4.79 Å². The topological polar surface area (TPSA) is 101 Å². The largest absolute Gasteiger partial charge is 0.488 e. The van der Waals surface area contributed by atoms with E-state index in [2.05, 4.69) is 26.8 Å². The van der Waals surface area contributed by atoms with Gasteiger partial charge in [0.05, 0.1) is 11.6 Å². The molecule has 1 atom stereocenters. The van der Waals surface area contributed by atoms with Crippen molar-refractivity contribution in [3.05, 3.63) is 60.4 Å². The van der Waals surface area contributed by atoms with Crippen LogP contribution in [0.1, 0.15) is 54.2 Å². The van der Waals surface area contributed by atoms with Crippen molar-refractivity contribution >= 4 is 28.8 Å². The third kappa shape index (κ3) is 5.51. The molecule has 9 nitrogen and oxygen atoms in total. The van der Waals surface area contributed by atoms with Crippen molar-refractivity contribution < 1.29 is 14.3 Å². The molecule has 2 fully saturated rings. The standard InChI is InChI=1S/C28H34N6O3/c1-3-25(35)33-16-5-4-7-21(18-33)34-26-23(8-6-9-24(26)37-22-11-13-29-14-12-22)31-28(34)32-27(36)20-10-15-30-19(2)17-20/h3,6,8-10,15,17,21-22,29H,1,4-5,7,11-14,16,18H2,2H3,(H,31,32,36). The lowest BCUT2D eigenvalue weighted by Gasteiger charge is -2.28. The van der Waals surface area contributed by atoms with Crippen molar-refractivity contribution in [3.63, 3.8) is 0 Å². The van der Waals surface area contributed by atoms with Crippen LogP contribution in [0.15, 0.2) is 49.2 Å². The highest BCUT2D eigenvalue weighted by molar-refractivity contribution is 6.04. The molecule has 0 saturated carbocycles. The van der Waals surface area contributed by atoms with Gasteiger partial charge in [-0.1, -0.05) is 12.6 Å². The van der Waals surface area contributed by atoms with E-state index in [0.29, 0.717) is 24.6 Å². The summed E-state index contributed by atoms with van der Waals surface area (Å²) in [6.07, 6.45) is 7.70. The Balaban J connectivity index is 1.57. The molecule has 5 rings (SSSR count). The fourth-order valence-electron chi connectivity index (χ4n) is 5.27. The highest BCUT2D eigenvalue weighted by atomic mass is 16.5. The molecule has 4 heterocycles. The maximum Gasteiger partial charge on any atom is 0.258 e. The predicted octanol–water partition coefficient (Wildman–Crippen LogP) is 3.86. The normalized spacial score (nSPS) is 18.8. The summed E-state index contributed by atoms with van der Waals surface area (Å²) in [5.41, 5.74) is 2.88. The van der Waals surface area contributed by atoms with Gasteiger partial charge in [-0.2, -0.15) is 0 Å². The first-order valence-corrected chi connectivity index (χ1v) is 13.1. The van der Waals surface area contributed by atoms with Gasteiger partial charge in [-0.15, -0.1) is 0 Å². The van der Waals surface area contributed by atoms with Gasteiger partial charge in [-0.05, 0) is 82.5 Å². The van der Waals surface area contributed by atoms with Crippen LogP contribution in [-0.4, -0.2) is 63.5 Å². The molecular formula is C28H34N6O3. The zero-order valence-corrected chi connectivity index (χ0v) is 21.3. The number of likely N-dealkylation sites (tertiary alicyclic amines) is 1. The van der Waals surface area contributed by atoms with E-state index in [1.165, 1.54) is 6.08 Å². The van der Waals surface area contributed by atoms with Crippen molar-refractivity contribution in [2.45, 2.75) is 51.2 Å².